The van der Waals surface area contributed by atoms with Gasteiger partial charge in [-0.15, -0.1) is 10.2 Å². The highest BCUT2D eigenvalue weighted by Crippen LogP contribution is 2.34. The van der Waals surface area contributed by atoms with E-state index in [9.17, 15) is 4.79 Å². The summed E-state index contributed by atoms with van der Waals surface area (Å²) in [6, 6.07) is 7.95. The van der Waals surface area contributed by atoms with Crippen molar-refractivity contribution in [3.8, 4) is 0 Å². The fourth-order valence-electron chi connectivity index (χ4n) is 2.09. The van der Waals surface area contributed by atoms with Gasteiger partial charge in [0.2, 0.25) is 5.91 Å². The van der Waals surface area contributed by atoms with Gasteiger partial charge in [-0.3, -0.25) is 9.78 Å². The minimum atomic E-state index is -0.368. The topological polar surface area (TPSA) is 81.8 Å². The average molecular weight is 397 g/mol. The first-order valence-electron chi connectivity index (χ1n) is 6.95. The Labute approximate surface area is 156 Å². The minimum Gasteiger partial charge on any atom is -0.369 e. The van der Waals surface area contributed by atoms with E-state index in [1.54, 1.807) is 0 Å². The summed E-state index contributed by atoms with van der Waals surface area (Å²) < 4.78 is 1.54. The number of para-hydroxylation sites is 1. The lowest BCUT2D eigenvalue weighted by Gasteiger charge is -2.09. The standard InChI is InChI=1S/C15H13ClN4OS3/c1-8-9-4-2-3-5-10(9)18-11(13(8)16)6-22-14-19-20-15(24-14)23-7-12(17)21/h2-5H,6-7H2,1H3,(H2,17,21). The van der Waals surface area contributed by atoms with Crippen LogP contribution in [0.4, 0.5) is 0 Å². The van der Waals surface area contributed by atoms with E-state index in [4.69, 9.17) is 17.3 Å². The number of carbonyl (C=O) groups excluding carboxylic acids is 1. The Hall–Kier alpha value is -1.35. The number of halogens is 1. The molecule has 3 rings (SSSR count). The van der Waals surface area contributed by atoms with Crippen LogP contribution < -0.4 is 5.73 Å². The van der Waals surface area contributed by atoms with Crippen molar-refractivity contribution in [2.24, 2.45) is 5.73 Å². The summed E-state index contributed by atoms with van der Waals surface area (Å²) in [5, 5.41) is 9.91. The molecule has 3 aromatic rings. The number of amides is 1. The van der Waals surface area contributed by atoms with E-state index < -0.39 is 0 Å². The lowest BCUT2D eigenvalue weighted by molar-refractivity contribution is -0.115. The van der Waals surface area contributed by atoms with Crippen LogP contribution in [0, 0.1) is 6.92 Å². The summed E-state index contributed by atoms with van der Waals surface area (Å²) >= 11 is 10.7. The van der Waals surface area contributed by atoms with Crippen molar-refractivity contribution in [2.45, 2.75) is 21.4 Å². The van der Waals surface area contributed by atoms with Gasteiger partial charge in [-0.2, -0.15) is 0 Å². The molecule has 2 N–H and O–H groups in total. The maximum Gasteiger partial charge on any atom is 0.227 e. The molecule has 0 radical (unpaired) electrons. The first kappa shape index (κ1) is 17.5. The van der Waals surface area contributed by atoms with Crippen molar-refractivity contribution in [1.82, 2.24) is 15.2 Å². The Kier molecular flexibility index (Phi) is 5.60. The second-order valence-corrected chi connectivity index (χ2v) is 8.69. The molecule has 5 nitrogen and oxygen atoms in total. The van der Waals surface area contributed by atoms with Gasteiger partial charge in [0.25, 0.3) is 0 Å². The SMILES string of the molecule is Cc1c(Cl)c(CSc2nnc(SCC(N)=O)s2)nc2ccccc12. The third-order valence-corrected chi connectivity index (χ3v) is 6.93. The normalized spacial score (nSPS) is 11.1. The molecule has 124 valence electrons. The molecule has 0 spiro atoms. The maximum absolute atomic E-state index is 10.8. The quantitative estimate of drug-likeness (QED) is 0.636. The number of hydrogen-bond acceptors (Lipinski definition) is 7. The molecule has 2 heterocycles. The number of fused-ring (bicyclic) bond motifs is 1. The molecule has 0 atom stereocenters. The second-order valence-electron chi connectivity index (χ2n) is 4.89. The van der Waals surface area contributed by atoms with Crippen LogP contribution in [-0.4, -0.2) is 26.8 Å². The molecule has 9 heteroatoms. The summed E-state index contributed by atoms with van der Waals surface area (Å²) in [7, 11) is 0. The number of rotatable bonds is 6. The Morgan fingerprint density at radius 1 is 1.25 bits per heavy atom. The molecule has 0 saturated heterocycles. The number of nitrogens with zero attached hydrogens (tertiary/aromatic N) is 3. The monoisotopic (exact) mass is 396 g/mol. The zero-order chi connectivity index (χ0) is 17.1. The highest BCUT2D eigenvalue weighted by atomic mass is 35.5. The number of aryl methyl sites for hydroxylation is 1. The van der Waals surface area contributed by atoms with Crippen LogP contribution in [0.15, 0.2) is 32.9 Å². The lowest BCUT2D eigenvalue weighted by Crippen LogP contribution is -2.12. The molecular weight excluding hydrogens is 384 g/mol. The van der Waals surface area contributed by atoms with Crippen LogP contribution in [0.1, 0.15) is 11.3 Å². The van der Waals surface area contributed by atoms with Gasteiger partial charge in [-0.25, -0.2) is 0 Å². The highest BCUT2D eigenvalue weighted by Gasteiger charge is 2.12. The molecular formula is C15H13ClN4OS3. The van der Waals surface area contributed by atoms with E-state index >= 15 is 0 Å². The highest BCUT2D eigenvalue weighted by molar-refractivity contribution is 8.03. The van der Waals surface area contributed by atoms with Gasteiger partial charge in [0.15, 0.2) is 8.68 Å². The molecule has 0 saturated carbocycles. The maximum atomic E-state index is 10.8. The minimum absolute atomic E-state index is 0.205. The van der Waals surface area contributed by atoms with Crippen molar-refractivity contribution in [3.63, 3.8) is 0 Å². The van der Waals surface area contributed by atoms with Gasteiger partial charge in [-0.05, 0) is 18.6 Å². The molecule has 0 unspecified atom stereocenters. The van der Waals surface area contributed by atoms with Crippen LogP contribution in [0.25, 0.3) is 10.9 Å². The third-order valence-electron chi connectivity index (χ3n) is 3.20. The van der Waals surface area contributed by atoms with Crippen LogP contribution in [0.5, 0.6) is 0 Å². The third kappa shape index (κ3) is 4.00. The fourth-order valence-corrected chi connectivity index (χ4v) is 5.08. The molecule has 0 bridgehead atoms. The van der Waals surface area contributed by atoms with Gasteiger partial charge in [0, 0.05) is 11.1 Å². The van der Waals surface area contributed by atoms with Gasteiger partial charge in [-0.1, -0.05) is 64.7 Å². The molecule has 1 amide bonds. The molecule has 0 aliphatic carbocycles. The number of nitrogens with two attached hydrogens (primary N) is 1. The van der Waals surface area contributed by atoms with Gasteiger partial charge in [0.1, 0.15) is 0 Å². The van der Waals surface area contributed by atoms with E-state index in [1.165, 1.54) is 34.9 Å². The van der Waals surface area contributed by atoms with Gasteiger partial charge in [0.05, 0.1) is 22.0 Å². The van der Waals surface area contributed by atoms with E-state index in [1.807, 2.05) is 31.2 Å². The summed E-state index contributed by atoms with van der Waals surface area (Å²) in [4.78, 5) is 15.5. The van der Waals surface area contributed by atoms with Crippen molar-refractivity contribution in [3.05, 3.63) is 40.5 Å². The predicted molar refractivity (Wildman–Crippen MR) is 101 cm³/mol. The Balaban J connectivity index is 1.74. The van der Waals surface area contributed by atoms with E-state index in [0.717, 1.165) is 30.8 Å². The van der Waals surface area contributed by atoms with Crippen molar-refractivity contribution in [2.75, 3.05) is 5.75 Å². The van der Waals surface area contributed by atoms with Crippen LogP contribution in [-0.2, 0) is 10.5 Å². The number of hydrogen-bond donors (Lipinski definition) is 1. The summed E-state index contributed by atoms with van der Waals surface area (Å²) in [5.41, 5.74) is 7.93. The van der Waals surface area contributed by atoms with E-state index in [0.29, 0.717) is 10.8 Å². The second kappa shape index (κ2) is 7.69. The molecule has 24 heavy (non-hydrogen) atoms. The Bertz CT molecular complexity index is 900. The largest absolute Gasteiger partial charge is 0.369 e. The molecule has 1 aromatic carbocycles. The van der Waals surface area contributed by atoms with Crippen molar-refractivity contribution < 1.29 is 4.79 Å². The lowest BCUT2D eigenvalue weighted by atomic mass is 10.1. The first-order valence-corrected chi connectivity index (χ1v) is 10.1. The van der Waals surface area contributed by atoms with Crippen LogP contribution in [0.2, 0.25) is 5.02 Å². The van der Waals surface area contributed by atoms with Gasteiger partial charge < -0.3 is 5.73 Å². The van der Waals surface area contributed by atoms with Crippen molar-refractivity contribution >= 4 is 63.3 Å². The first-order chi connectivity index (χ1) is 11.5. The zero-order valence-corrected chi connectivity index (χ0v) is 15.9. The summed E-state index contributed by atoms with van der Waals surface area (Å²) in [5.74, 6) is 0.447. The zero-order valence-electron chi connectivity index (χ0n) is 12.7. The average Bonchev–Trinajstić information content (AvgIpc) is 3.03. The molecule has 0 aliphatic heterocycles. The molecule has 2 aromatic heterocycles. The number of pyridine rings is 1. The number of aromatic nitrogens is 3. The Morgan fingerprint density at radius 3 is 2.71 bits per heavy atom. The number of primary amides is 1. The van der Waals surface area contributed by atoms with E-state index in [2.05, 4.69) is 15.2 Å². The van der Waals surface area contributed by atoms with Crippen molar-refractivity contribution in [1.29, 1.82) is 0 Å². The number of carbonyl (C=O) groups is 1. The predicted octanol–water partition coefficient (Wildman–Crippen LogP) is 3.92. The van der Waals surface area contributed by atoms with Crippen LogP contribution in [0.3, 0.4) is 0 Å². The van der Waals surface area contributed by atoms with Crippen LogP contribution >= 0.6 is 46.5 Å². The summed E-state index contributed by atoms with van der Waals surface area (Å²) in [6.45, 7) is 2.00. The number of benzene rings is 1. The fraction of sp³-hybridized carbons (Fsp3) is 0.200. The Morgan fingerprint density at radius 2 is 1.96 bits per heavy atom. The molecule has 0 aliphatic rings. The number of thioether (sulfide) groups is 2. The van der Waals surface area contributed by atoms with E-state index in [-0.39, 0.29) is 11.7 Å². The summed E-state index contributed by atoms with van der Waals surface area (Å²) in [6.07, 6.45) is 0. The smallest absolute Gasteiger partial charge is 0.227 e. The molecule has 0 fully saturated rings. The van der Waals surface area contributed by atoms with Gasteiger partial charge >= 0.3 is 0 Å².